The number of nitrogen functional groups attached to an aromatic ring is 2. The average Bonchev–Trinajstić information content (AvgIpc) is 2.23. The smallest absolute Gasteiger partial charge is 0.229 e. The van der Waals surface area contributed by atoms with E-state index in [1.54, 1.807) is 0 Å². The first-order valence-electron chi connectivity index (χ1n) is 6.88. The molecule has 0 spiro atoms. The number of nitrogens with two attached hydrogens (primary N) is 2. The molecule has 0 aromatic carbocycles. The Morgan fingerprint density at radius 3 is 1.90 bits per heavy atom. The Morgan fingerprint density at radius 2 is 1.45 bits per heavy atom. The van der Waals surface area contributed by atoms with Crippen LogP contribution in [0.1, 0.15) is 40.5 Å². The van der Waals surface area contributed by atoms with Gasteiger partial charge in [-0.1, -0.05) is 0 Å². The van der Waals surface area contributed by atoms with E-state index in [1.807, 2.05) is 0 Å². The molecule has 0 radical (unpaired) electrons. The van der Waals surface area contributed by atoms with Crippen LogP contribution in [0.15, 0.2) is 0 Å². The molecule has 7 nitrogen and oxygen atoms in total. The van der Waals surface area contributed by atoms with Crippen LogP contribution in [-0.4, -0.2) is 44.0 Å². The lowest BCUT2D eigenvalue weighted by Crippen LogP contribution is -2.61. The number of piperidine rings is 1. The molecule has 0 atom stereocenters. The van der Waals surface area contributed by atoms with E-state index in [0.29, 0.717) is 5.95 Å². The number of nitrogens with zero attached hydrogens (tertiary/aromatic N) is 4. The lowest BCUT2D eigenvalue weighted by atomic mass is 9.77. The van der Waals surface area contributed by atoms with E-state index in [-0.39, 0.29) is 29.0 Å². The maximum Gasteiger partial charge on any atom is 0.229 e. The van der Waals surface area contributed by atoms with Gasteiger partial charge in [0.05, 0.1) is 0 Å². The lowest BCUT2D eigenvalue weighted by Gasteiger charge is -2.53. The highest BCUT2D eigenvalue weighted by atomic mass is 15.3. The van der Waals surface area contributed by atoms with E-state index in [2.05, 4.69) is 59.9 Å². The van der Waals surface area contributed by atoms with Crippen molar-refractivity contribution >= 4 is 17.8 Å². The van der Waals surface area contributed by atoms with Crippen molar-refractivity contribution in [3.63, 3.8) is 0 Å². The fraction of sp³-hybridized carbons (Fsp3) is 0.769. The summed E-state index contributed by atoms with van der Waals surface area (Å²) in [5, 5.41) is 3.35. The lowest BCUT2D eigenvalue weighted by molar-refractivity contribution is -0.00778. The first kappa shape index (κ1) is 14.8. The second-order valence-electron chi connectivity index (χ2n) is 6.81. The van der Waals surface area contributed by atoms with E-state index in [9.17, 15) is 0 Å². The Balaban J connectivity index is 2.18. The molecule has 0 unspecified atom stereocenters. The molecular formula is C13H25N7. The van der Waals surface area contributed by atoms with Gasteiger partial charge in [0.15, 0.2) is 0 Å². The summed E-state index contributed by atoms with van der Waals surface area (Å²) in [6.45, 7) is 8.99. The molecule has 2 rings (SSSR count). The Hall–Kier alpha value is -1.63. The normalized spacial score (nSPS) is 22.6. The highest BCUT2D eigenvalue weighted by Crippen LogP contribution is 2.37. The molecule has 0 bridgehead atoms. The van der Waals surface area contributed by atoms with Gasteiger partial charge in [0.25, 0.3) is 0 Å². The third-order valence-electron chi connectivity index (χ3n) is 4.31. The third kappa shape index (κ3) is 2.92. The van der Waals surface area contributed by atoms with Gasteiger partial charge in [0.2, 0.25) is 17.8 Å². The largest absolute Gasteiger partial charge is 0.368 e. The summed E-state index contributed by atoms with van der Waals surface area (Å²) in [5.41, 5.74) is 11.4. The number of hydrogen-bond acceptors (Lipinski definition) is 7. The highest BCUT2D eigenvalue weighted by Gasteiger charge is 2.43. The summed E-state index contributed by atoms with van der Waals surface area (Å²) in [6.07, 6.45) is 2.00. The van der Waals surface area contributed by atoms with E-state index >= 15 is 0 Å². The van der Waals surface area contributed by atoms with Crippen LogP contribution in [0.3, 0.4) is 0 Å². The van der Waals surface area contributed by atoms with Crippen LogP contribution in [0.5, 0.6) is 0 Å². The van der Waals surface area contributed by atoms with Crippen LogP contribution in [0.2, 0.25) is 0 Å². The number of nitrogens with one attached hydrogen (secondary N) is 1. The van der Waals surface area contributed by atoms with Crippen molar-refractivity contribution in [1.82, 2.24) is 19.9 Å². The molecule has 7 heteroatoms. The molecule has 0 aliphatic carbocycles. The fourth-order valence-corrected chi connectivity index (χ4v) is 3.13. The van der Waals surface area contributed by atoms with Crippen LogP contribution in [0, 0.1) is 0 Å². The minimum atomic E-state index is 0.101. The molecule has 1 aromatic rings. The molecule has 1 aliphatic rings. The predicted molar refractivity (Wildman–Crippen MR) is 81.2 cm³/mol. The van der Waals surface area contributed by atoms with Crippen LogP contribution in [-0.2, 0) is 0 Å². The number of hydrogen-bond donors (Lipinski definition) is 3. The topological polar surface area (TPSA) is 106 Å². The molecule has 112 valence electrons. The zero-order valence-electron chi connectivity index (χ0n) is 12.9. The summed E-state index contributed by atoms with van der Waals surface area (Å²) >= 11 is 0. The standard InChI is InChI=1S/C13H25N7/c1-12(2)6-8(7-13(3,4)20(12)5)16-11-18-9(14)17-10(15)19-11/h8H,6-7H2,1-5H3,(H5,14,15,16,17,18,19). The molecule has 1 aliphatic heterocycles. The SMILES string of the molecule is CN1C(C)(C)CC(Nc2nc(N)nc(N)n2)CC1(C)C. The van der Waals surface area contributed by atoms with Crippen LogP contribution < -0.4 is 16.8 Å². The second-order valence-corrected chi connectivity index (χ2v) is 6.81. The average molecular weight is 279 g/mol. The van der Waals surface area contributed by atoms with Crippen molar-refractivity contribution in [1.29, 1.82) is 0 Å². The third-order valence-corrected chi connectivity index (χ3v) is 4.31. The molecule has 1 saturated heterocycles. The molecule has 0 saturated carbocycles. The van der Waals surface area contributed by atoms with Crippen molar-refractivity contribution < 1.29 is 0 Å². The van der Waals surface area contributed by atoms with Gasteiger partial charge < -0.3 is 16.8 Å². The highest BCUT2D eigenvalue weighted by molar-refractivity contribution is 5.38. The minimum Gasteiger partial charge on any atom is -0.368 e. The Morgan fingerprint density at radius 1 is 1.00 bits per heavy atom. The molecule has 5 N–H and O–H groups in total. The van der Waals surface area contributed by atoms with Crippen LogP contribution >= 0.6 is 0 Å². The number of anilines is 3. The molecular weight excluding hydrogens is 254 g/mol. The van der Waals surface area contributed by atoms with Crippen LogP contribution in [0.25, 0.3) is 0 Å². The Kier molecular flexibility index (Phi) is 3.49. The first-order valence-corrected chi connectivity index (χ1v) is 6.88. The summed E-state index contributed by atoms with van der Waals surface area (Å²) in [7, 11) is 2.18. The van der Waals surface area contributed by atoms with E-state index < -0.39 is 0 Å². The van der Waals surface area contributed by atoms with Crippen molar-refractivity contribution in [3.05, 3.63) is 0 Å². The minimum absolute atomic E-state index is 0.101. The zero-order chi connectivity index (χ0) is 15.1. The van der Waals surface area contributed by atoms with Crippen molar-refractivity contribution in [2.75, 3.05) is 23.8 Å². The number of aromatic nitrogens is 3. The summed E-state index contributed by atoms with van der Waals surface area (Å²) < 4.78 is 0. The summed E-state index contributed by atoms with van der Waals surface area (Å²) in [6, 6.07) is 0.275. The van der Waals surface area contributed by atoms with Crippen molar-refractivity contribution in [2.24, 2.45) is 0 Å². The Bertz CT molecular complexity index is 459. The molecule has 0 amide bonds. The number of rotatable bonds is 2. The van der Waals surface area contributed by atoms with E-state index in [4.69, 9.17) is 11.5 Å². The van der Waals surface area contributed by atoms with Crippen LogP contribution in [0.4, 0.5) is 17.8 Å². The number of likely N-dealkylation sites (tertiary alicyclic amines) is 1. The van der Waals surface area contributed by atoms with Gasteiger partial charge in [0.1, 0.15) is 0 Å². The monoisotopic (exact) mass is 279 g/mol. The maximum atomic E-state index is 5.60. The van der Waals surface area contributed by atoms with Crippen molar-refractivity contribution in [2.45, 2.75) is 57.7 Å². The fourth-order valence-electron chi connectivity index (χ4n) is 3.13. The molecule has 2 heterocycles. The van der Waals surface area contributed by atoms with Crippen molar-refractivity contribution in [3.8, 4) is 0 Å². The summed E-state index contributed by atoms with van der Waals surface area (Å²) in [4.78, 5) is 14.4. The summed E-state index contributed by atoms with van der Waals surface area (Å²) in [5.74, 6) is 0.744. The maximum absolute atomic E-state index is 5.60. The van der Waals surface area contributed by atoms with Gasteiger partial charge in [-0.25, -0.2) is 0 Å². The van der Waals surface area contributed by atoms with Gasteiger partial charge >= 0.3 is 0 Å². The van der Waals surface area contributed by atoms with Gasteiger partial charge in [-0.15, -0.1) is 0 Å². The zero-order valence-corrected chi connectivity index (χ0v) is 12.9. The molecule has 1 aromatic heterocycles. The molecule has 1 fully saturated rings. The molecule has 20 heavy (non-hydrogen) atoms. The quantitative estimate of drug-likeness (QED) is 0.744. The van der Waals surface area contributed by atoms with Gasteiger partial charge in [-0.3, -0.25) is 4.90 Å². The van der Waals surface area contributed by atoms with Gasteiger partial charge in [-0.2, -0.15) is 15.0 Å². The predicted octanol–water partition coefficient (Wildman–Crippen LogP) is 1.10. The van der Waals surface area contributed by atoms with E-state index in [0.717, 1.165) is 12.8 Å². The first-order chi connectivity index (χ1) is 9.10. The van der Waals surface area contributed by atoms with Gasteiger partial charge in [-0.05, 0) is 47.6 Å². The van der Waals surface area contributed by atoms with Gasteiger partial charge in [0, 0.05) is 17.1 Å². The Labute approximate surface area is 120 Å². The van der Waals surface area contributed by atoms with E-state index in [1.165, 1.54) is 0 Å². The second kappa shape index (κ2) is 4.73.